The van der Waals surface area contributed by atoms with Gasteiger partial charge in [0.2, 0.25) is 11.8 Å². The number of hydrogen-bond donors (Lipinski definition) is 2. The van der Waals surface area contributed by atoms with Crippen molar-refractivity contribution in [3.05, 3.63) is 48.0 Å². The fourth-order valence-corrected chi connectivity index (χ4v) is 3.01. The Balaban J connectivity index is 1.41. The molecule has 136 valence electrons. The smallest absolute Gasteiger partial charge is 0.234 e. The highest BCUT2D eigenvalue weighted by Gasteiger charge is 2.13. The summed E-state index contributed by atoms with van der Waals surface area (Å²) < 4.78 is 10.9. The predicted molar refractivity (Wildman–Crippen MR) is 103 cm³/mol. The minimum atomic E-state index is -0.171. The minimum absolute atomic E-state index is 0.133. The second-order valence-electron chi connectivity index (χ2n) is 5.81. The van der Waals surface area contributed by atoms with Crippen LogP contribution in [0.2, 0.25) is 0 Å². The molecule has 0 aromatic heterocycles. The Hall–Kier alpha value is -2.67. The Morgan fingerprint density at radius 3 is 2.15 bits per heavy atom. The van der Waals surface area contributed by atoms with Crippen LogP contribution in [0.15, 0.2) is 42.5 Å². The molecule has 1 aliphatic rings. The van der Waals surface area contributed by atoms with E-state index in [4.69, 9.17) is 9.47 Å². The van der Waals surface area contributed by atoms with Gasteiger partial charge in [0.25, 0.3) is 0 Å². The van der Waals surface area contributed by atoms with E-state index in [0.29, 0.717) is 30.4 Å². The molecule has 2 aromatic carbocycles. The van der Waals surface area contributed by atoms with Gasteiger partial charge in [-0.1, -0.05) is 17.7 Å². The number of aryl methyl sites for hydroxylation is 1. The molecule has 0 aliphatic carbocycles. The topological polar surface area (TPSA) is 76.7 Å². The predicted octanol–water partition coefficient (Wildman–Crippen LogP) is 3.08. The van der Waals surface area contributed by atoms with Crippen LogP contribution in [0.5, 0.6) is 11.5 Å². The highest BCUT2D eigenvalue weighted by Crippen LogP contribution is 2.32. The third-order valence-electron chi connectivity index (χ3n) is 3.63. The summed E-state index contributed by atoms with van der Waals surface area (Å²) in [5.41, 5.74) is 2.53. The molecule has 0 unspecified atom stereocenters. The lowest BCUT2D eigenvalue weighted by Crippen LogP contribution is -2.19. The monoisotopic (exact) mass is 372 g/mol. The zero-order valence-electron chi connectivity index (χ0n) is 14.4. The van der Waals surface area contributed by atoms with Crippen LogP contribution < -0.4 is 20.1 Å². The van der Waals surface area contributed by atoms with Crippen molar-refractivity contribution >= 4 is 35.0 Å². The molecule has 0 saturated carbocycles. The zero-order valence-corrected chi connectivity index (χ0v) is 15.2. The molecular weight excluding hydrogens is 352 g/mol. The van der Waals surface area contributed by atoms with Crippen molar-refractivity contribution in [2.24, 2.45) is 0 Å². The maximum absolute atomic E-state index is 12.0. The van der Waals surface area contributed by atoms with Crippen LogP contribution in [0, 0.1) is 6.92 Å². The third-order valence-corrected chi connectivity index (χ3v) is 4.56. The number of amides is 2. The van der Waals surface area contributed by atoms with E-state index >= 15 is 0 Å². The lowest BCUT2D eigenvalue weighted by Gasteiger charge is -2.19. The molecule has 0 atom stereocenters. The largest absolute Gasteiger partial charge is 0.486 e. The number of rotatable bonds is 6. The molecule has 1 aliphatic heterocycles. The molecule has 0 bridgehead atoms. The molecule has 2 N–H and O–H groups in total. The normalized spacial score (nSPS) is 12.3. The Morgan fingerprint density at radius 1 is 0.885 bits per heavy atom. The van der Waals surface area contributed by atoms with Gasteiger partial charge in [0.15, 0.2) is 11.5 Å². The van der Waals surface area contributed by atoms with Gasteiger partial charge in [-0.3, -0.25) is 9.59 Å². The summed E-state index contributed by atoms with van der Waals surface area (Å²) in [5, 5.41) is 5.60. The van der Waals surface area contributed by atoms with Crippen molar-refractivity contribution in [2.75, 3.05) is 35.4 Å². The highest BCUT2D eigenvalue weighted by atomic mass is 32.2. The van der Waals surface area contributed by atoms with E-state index in [-0.39, 0.29) is 23.3 Å². The number of anilines is 2. The minimum Gasteiger partial charge on any atom is -0.486 e. The lowest BCUT2D eigenvalue weighted by molar-refractivity contribution is -0.114. The molecule has 0 radical (unpaired) electrons. The number of fused-ring (bicyclic) bond motifs is 1. The number of thioether (sulfide) groups is 1. The molecule has 26 heavy (non-hydrogen) atoms. The molecule has 2 amide bonds. The summed E-state index contributed by atoms with van der Waals surface area (Å²) in [6.45, 7) is 3.01. The van der Waals surface area contributed by atoms with E-state index in [1.54, 1.807) is 18.2 Å². The Kier molecular flexibility index (Phi) is 6.01. The van der Waals surface area contributed by atoms with E-state index in [2.05, 4.69) is 10.6 Å². The Labute approximate surface area is 156 Å². The van der Waals surface area contributed by atoms with Crippen LogP contribution >= 0.6 is 11.8 Å². The molecule has 0 saturated heterocycles. The van der Waals surface area contributed by atoms with Gasteiger partial charge >= 0.3 is 0 Å². The van der Waals surface area contributed by atoms with Gasteiger partial charge in [-0.2, -0.15) is 0 Å². The summed E-state index contributed by atoms with van der Waals surface area (Å²) in [5.74, 6) is 1.40. The third kappa shape index (κ3) is 5.16. The summed E-state index contributed by atoms with van der Waals surface area (Å²) in [6.07, 6.45) is 0. The molecule has 2 aromatic rings. The summed E-state index contributed by atoms with van der Waals surface area (Å²) in [7, 11) is 0. The number of carbonyl (C=O) groups excluding carboxylic acids is 2. The van der Waals surface area contributed by atoms with Gasteiger partial charge in [-0.15, -0.1) is 11.8 Å². The van der Waals surface area contributed by atoms with E-state index in [9.17, 15) is 9.59 Å². The Bertz CT molecular complexity index is 793. The van der Waals surface area contributed by atoms with Crippen molar-refractivity contribution in [1.82, 2.24) is 0 Å². The summed E-state index contributed by atoms with van der Waals surface area (Å²) >= 11 is 1.26. The van der Waals surface area contributed by atoms with Crippen molar-refractivity contribution in [2.45, 2.75) is 6.92 Å². The number of ether oxygens (including phenoxy) is 2. The second kappa shape index (κ2) is 8.62. The zero-order chi connectivity index (χ0) is 18.4. The molecule has 1 heterocycles. The highest BCUT2D eigenvalue weighted by molar-refractivity contribution is 8.00. The van der Waals surface area contributed by atoms with Gasteiger partial charge in [-0.25, -0.2) is 0 Å². The quantitative estimate of drug-likeness (QED) is 0.815. The number of benzene rings is 2. The first-order chi connectivity index (χ1) is 12.6. The Morgan fingerprint density at radius 2 is 1.46 bits per heavy atom. The summed E-state index contributed by atoms with van der Waals surface area (Å²) in [6, 6.07) is 12.8. The standard InChI is InChI=1S/C19H20N2O4S/c1-13-2-4-14(5-3-13)20-18(22)11-26-12-19(23)21-15-6-7-16-17(10-15)25-9-8-24-16/h2-7,10H,8-9,11-12H2,1H3,(H,20,22)(H,21,23). The molecule has 0 spiro atoms. The van der Waals surface area contributed by atoms with Crippen molar-refractivity contribution in [3.8, 4) is 11.5 Å². The second-order valence-corrected chi connectivity index (χ2v) is 6.80. The van der Waals surface area contributed by atoms with Crippen LogP contribution in [0.3, 0.4) is 0 Å². The molecular formula is C19H20N2O4S. The molecule has 3 rings (SSSR count). The molecule has 0 fully saturated rings. The molecule has 6 nitrogen and oxygen atoms in total. The van der Waals surface area contributed by atoms with Gasteiger partial charge in [0.1, 0.15) is 13.2 Å². The molecule has 7 heteroatoms. The van der Waals surface area contributed by atoms with Crippen LogP contribution in [0.4, 0.5) is 11.4 Å². The van der Waals surface area contributed by atoms with Gasteiger partial charge in [0, 0.05) is 17.4 Å². The van der Waals surface area contributed by atoms with E-state index in [1.807, 2.05) is 31.2 Å². The van der Waals surface area contributed by atoms with Crippen LogP contribution in [0.1, 0.15) is 5.56 Å². The van der Waals surface area contributed by atoms with Crippen LogP contribution in [0.25, 0.3) is 0 Å². The lowest BCUT2D eigenvalue weighted by atomic mass is 10.2. The van der Waals surface area contributed by atoms with E-state index in [1.165, 1.54) is 11.8 Å². The van der Waals surface area contributed by atoms with Crippen molar-refractivity contribution in [1.29, 1.82) is 0 Å². The van der Waals surface area contributed by atoms with E-state index < -0.39 is 0 Å². The number of nitrogens with one attached hydrogen (secondary N) is 2. The van der Waals surface area contributed by atoms with Crippen LogP contribution in [-0.4, -0.2) is 36.5 Å². The van der Waals surface area contributed by atoms with Crippen LogP contribution in [-0.2, 0) is 9.59 Å². The van der Waals surface area contributed by atoms with Gasteiger partial charge < -0.3 is 20.1 Å². The number of hydrogen-bond acceptors (Lipinski definition) is 5. The average Bonchev–Trinajstić information content (AvgIpc) is 2.63. The van der Waals surface area contributed by atoms with Crippen molar-refractivity contribution < 1.29 is 19.1 Å². The fraction of sp³-hybridized carbons (Fsp3) is 0.263. The maximum atomic E-state index is 12.0. The average molecular weight is 372 g/mol. The van der Waals surface area contributed by atoms with E-state index in [0.717, 1.165) is 11.3 Å². The first kappa shape index (κ1) is 18.1. The maximum Gasteiger partial charge on any atom is 0.234 e. The van der Waals surface area contributed by atoms with Crippen molar-refractivity contribution in [3.63, 3.8) is 0 Å². The number of carbonyl (C=O) groups is 2. The summed E-state index contributed by atoms with van der Waals surface area (Å²) in [4.78, 5) is 23.9. The van der Waals surface area contributed by atoms with Gasteiger partial charge in [-0.05, 0) is 31.2 Å². The fourth-order valence-electron chi connectivity index (χ4n) is 2.39. The van der Waals surface area contributed by atoms with Gasteiger partial charge in [0.05, 0.1) is 11.5 Å². The first-order valence-electron chi connectivity index (χ1n) is 8.24. The first-order valence-corrected chi connectivity index (χ1v) is 9.39. The SMILES string of the molecule is Cc1ccc(NC(=O)CSCC(=O)Nc2ccc3c(c2)OCCO3)cc1.